The van der Waals surface area contributed by atoms with Crippen LogP contribution in [-0.4, -0.2) is 45.0 Å². The molecule has 2 atom stereocenters. The van der Waals surface area contributed by atoms with E-state index in [4.69, 9.17) is 4.74 Å². The first-order chi connectivity index (χ1) is 12.3. The third-order valence-corrected chi connectivity index (χ3v) is 5.24. The van der Waals surface area contributed by atoms with Crippen molar-refractivity contribution in [2.24, 2.45) is 0 Å². The van der Waals surface area contributed by atoms with E-state index in [9.17, 15) is 4.79 Å². The largest absolute Gasteiger partial charge is 0.370 e. The predicted molar refractivity (Wildman–Crippen MR) is 93.2 cm³/mol. The number of aromatic nitrogens is 3. The van der Waals surface area contributed by atoms with Crippen molar-refractivity contribution in [2.75, 3.05) is 13.1 Å². The Morgan fingerprint density at radius 1 is 1.32 bits per heavy atom. The third-order valence-electron chi connectivity index (χ3n) is 5.24. The van der Waals surface area contributed by atoms with E-state index in [1.165, 1.54) is 18.4 Å². The van der Waals surface area contributed by atoms with Crippen LogP contribution in [0.3, 0.4) is 0 Å². The Labute approximate surface area is 147 Å². The summed E-state index contributed by atoms with van der Waals surface area (Å²) in [6, 6.07) is 8.13. The molecule has 6 nitrogen and oxygen atoms in total. The molecule has 3 heterocycles. The Hall–Kier alpha value is -2.21. The summed E-state index contributed by atoms with van der Waals surface area (Å²) in [5, 5.41) is 8.18. The molecule has 132 valence electrons. The maximum atomic E-state index is 12.9. The minimum atomic E-state index is 0.0628. The first kappa shape index (κ1) is 16.3. The summed E-state index contributed by atoms with van der Waals surface area (Å²) >= 11 is 0. The van der Waals surface area contributed by atoms with Gasteiger partial charge >= 0.3 is 0 Å². The zero-order valence-corrected chi connectivity index (χ0v) is 14.6. The highest BCUT2D eigenvalue weighted by atomic mass is 16.5. The molecular weight excluding hydrogens is 316 g/mol. The molecular formula is C19H24N4O2. The predicted octanol–water partition coefficient (Wildman–Crippen LogP) is 2.61. The van der Waals surface area contributed by atoms with Crippen molar-refractivity contribution in [1.82, 2.24) is 19.9 Å². The van der Waals surface area contributed by atoms with Crippen LogP contribution in [0.4, 0.5) is 0 Å². The molecule has 2 aliphatic heterocycles. The quantitative estimate of drug-likeness (QED) is 0.858. The molecule has 0 radical (unpaired) electrons. The van der Waals surface area contributed by atoms with E-state index in [2.05, 4.69) is 29.4 Å². The molecule has 0 aliphatic carbocycles. The molecule has 1 aromatic heterocycles. The van der Waals surface area contributed by atoms with Crippen LogP contribution in [0.1, 0.15) is 53.8 Å². The lowest BCUT2D eigenvalue weighted by molar-refractivity contribution is -0.0605. The topological polar surface area (TPSA) is 60.3 Å². The van der Waals surface area contributed by atoms with Crippen LogP contribution in [0.25, 0.3) is 0 Å². The van der Waals surface area contributed by atoms with Gasteiger partial charge in [-0.1, -0.05) is 30.7 Å². The van der Waals surface area contributed by atoms with Crippen LogP contribution in [0.2, 0.25) is 0 Å². The van der Waals surface area contributed by atoms with Crippen LogP contribution in [-0.2, 0) is 17.8 Å². The Balaban J connectivity index is 1.47. The number of hydrogen-bond acceptors (Lipinski definition) is 4. The van der Waals surface area contributed by atoms with Crippen molar-refractivity contribution in [3.63, 3.8) is 0 Å². The minimum absolute atomic E-state index is 0.0628. The maximum absolute atomic E-state index is 12.9. The van der Waals surface area contributed by atoms with Gasteiger partial charge in [-0.25, -0.2) is 4.68 Å². The molecule has 0 N–H and O–H groups in total. The Morgan fingerprint density at radius 3 is 2.96 bits per heavy atom. The number of benzene rings is 1. The number of likely N-dealkylation sites (tertiary alicyclic amines) is 1. The molecule has 6 heteroatoms. The number of unbranched alkanes of at least 4 members (excludes halogenated alkanes) is 1. The number of nitrogens with zero attached hydrogens (tertiary/aromatic N) is 4. The summed E-state index contributed by atoms with van der Waals surface area (Å²) in [6.07, 6.45) is 6.14. The molecule has 1 amide bonds. The number of carbonyl (C=O) groups is 1. The van der Waals surface area contributed by atoms with Gasteiger partial charge in [0.1, 0.15) is 0 Å². The van der Waals surface area contributed by atoms with Crippen LogP contribution in [0.15, 0.2) is 30.5 Å². The first-order valence-electron chi connectivity index (χ1n) is 9.15. The summed E-state index contributed by atoms with van der Waals surface area (Å²) in [5.74, 6) is 0.0905. The summed E-state index contributed by atoms with van der Waals surface area (Å²) in [7, 11) is 0. The highest BCUT2D eigenvalue weighted by molar-refractivity contribution is 5.94. The van der Waals surface area contributed by atoms with Crippen LogP contribution in [0, 0.1) is 0 Å². The fraction of sp³-hybridized carbons (Fsp3) is 0.526. The maximum Gasteiger partial charge on any atom is 0.253 e. The molecule has 4 rings (SSSR count). The third kappa shape index (κ3) is 3.18. The van der Waals surface area contributed by atoms with Gasteiger partial charge in [0, 0.05) is 18.7 Å². The highest BCUT2D eigenvalue weighted by Crippen LogP contribution is 2.30. The Morgan fingerprint density at radius 2 is 2.16 bits per heavy atom. The van der Waals surface area contributed by atoms with Crippen molar-refractivity contribution in [3.05, 3.63) is 47.3 Å². The minimum Gasteiger partial charge on any atom is -0.370 e. The number of hydrogen-bond donors (Lipinski definition) is 0. The summed E-state index contributed by atoms with van der Waals surface area (Å²) in [4.78, 5) is 14.8. The second-order valence-corrected chi connectivity index (χ2v) is 6.93. The van der Waals surface area contributed by atoms with Crippen molar-refractivity contribution in [2.45, 2.75) is 51.4 Å². The van der Waals surface area contributed by atoms with Gasteiger partial charge in [0.25, 0.3) is 5.91 Å². The van der Waals surface area contributed by atoms with Gasteiger partial charge in [-0.15, -0.1) is 5.10 Å². The lowest BCUT2D eigenvalue weighted by Gasteiger charge is -2.41. The molecule has 1 aromatic carbocycles. The van der Waals surface area contributed by atoms with E-state index >= 15 is 0 Å². The number of amides is 1. The molecule has 0 spiro atoms. The average molecular weight is 340 g/mol. The van der Waals surface area contributed by atoms with E-state index < -0.39 is 0 Å². The van der Waals surface area contributed by atoms with Crippen LogP contribution >= 0.6 is 0 Å². The van der Waals surface area contributed by atoms with Gasteiger partial charge in [0.05, 0.1) is 30.6 Å². The number of rotatable bonds is 4. The van der Waals surface area contributed by atoms with E-state index in [0.29, 0.717) is 13.2 Å². The summed E-state index contributed by atoms with van der Waals surface area (Å²) in [5.41, 5.74) is 3.04. The van der Waals surface area contributed by atoms with Gasteiger partial charge in [-0.2, -0.15) is 0 Å². The molecule has 2 aromatic rings. The van der Waals surface area contributed by atoms with Crippen molar-refractivity contribution < 1.29 is 9.53 Å². The zero-order chi connectivity index (χ0) is 17.2. The lowest BCUT2D eigenvalue weighted by Crippen LogP contribution is -2.49. The fourth-order valence-electron chi connectivity index (χ4n) is 3.74. The Bertz CT molecular complexity index is 740. The van der Waals surface area contributed by atoms with Gasteiger partial charge in [0.2, 0.25) is 0 Å². The molecule has 0 unspecified atom stereocenters. The Kier molecular flexibility index (Phi) is 4.53. The molecule has 25 heavy (non-hydrogen) atoms. The fourth-order valence-corrected chi connectivity index (χ4v) is 3.74. The van der Waals surface area contributed by atoms with Gasteiger partial charge in [-0.05, 0) is 37.0 Å². The number of aryl methyl sites for hydroxylation is 1. The average Bonchev–Trinajstić information content (AvgIpc) is 3.15. The van der Waals surface area contributed by atoms with Gasteiger partial charge in [0.15, 0.2) is 0 Å². The number of piperidine rings is 1. The van der Waals surface area contributed by atoms with Gasteiger partial charge in [-0.3, -0.25) is 4.79 Å². The normalized spacial score (nSPS) is 22.4. The summed E-state index contributed by atoms with van der Waals surface area (Å²) < 4.78 is 7.85. The molecule has 1 saturated heterocycles. The number of carbonyl (C=O) groups excluding carboxylic acids is 1. The van der Waals surface area contributed by atoms with Crippen LogP contribution < -0.4 is 0 Å². The SMILES string of the molecule is CCCCc1ccc(C(=O)N2CC[C@H]3OCc4cnnn4[C@H]3C2)cc1. The number of fused-ring (bicyclic) bond motifs is 3. The first-order valence-corrected chi connectivity index (χ1v) is 9.15. The zero-order valence-electron chi connectivity index (χ0n) is 14.6. The second kappa shape index (κ2) is 6.96. The van der Waals surface area contributed by atoms with E-state index in [-0.39, 0.29) is 18.1 Å². The van der Waals surface area contributed by atoms with E-state index in [1.54, 1.807) is 6.20 Å². The van der Waals surface area contributed by atoms with E-state index in [0.717, 1.165) is 30.6 Å². The monoisotopic (exact) mass is 340 g/mol. The molecule has 1 fully saturated rings. The smallest absolute Gasteiger partial charge is 0.253 e. The second-order valence-electron chi connectivity index (χ2n) is 6.93. The molecule has 0 bridgehead atoms. The molecule has 0 saturated carbocycles. The van der Waals surface area contributed by atoms with E-state index in [1.807, 2.05) is 21.7 Å². The number of ether oxygens (including phenoxy) is 1. The highest BCUT2D eigenvalue weighted by Gasteiger charge is 2.37. The van der Waals surface area contributed by atoms with Crippen molar-refractivity contribution in [1.29, 1.82) is 0 Å². The van der Waals surface area contributed by atoms with Gasteiger partial charge < -0.3 is 9.64 Å². The van der Waals surface area contributed by atoms with Crippen molar-refractivity contribution >= 4 is 5.91 Å². The standard InChI is InChI=1S/C19H24N4O2/c1-2-3-4-14-5-7-15(8-6-14)19(24)22-10-9-18-17(12-22)23-16(13-25-18)11-20-21-23/h5-8,11,17-18H,2-4,9-10,12-13H2,1H3/t17-,18+/m0/s1. The van der Waals surface area contributed by atoms with Crippen LogP contribution in [0.5, 0.6) is 0 Å². The van der Waals surface area contributed by atoms with Crippen molar-refractivity contribution in [3.8, 4) is 0 Å². The molecule has 2 aliphatic rings. The lowest BCUT2D eigenvalue weighted by atomic mass is 9.99. The summed E-state index contributed by atoms with van der Waals surface area (Å²) in [6.45, 7) is 4.09.